The highest BCUT2D eigenvalue weighted by molar-refractivity contribution is 5.85. The largest absolute Gasteiger partial charge is 0.380 e. The van der Waals surface area contributed by atoms with E-state index in [0.717, 1.165) is 32.5 Å². The van der Waals surface area contributed by atoms with E-state index in [1.54, 1.807) is 14.2 Å². The predicted molar refractivity (Wildman–Crippen MR) is 126 cm³/mol. The van der Waals surface area contributed by atoms with E-state index in [-0.39, 0.29) is 24.8 Å². The third-order valence-corrected chi connectivity index (χ3v) is 5.38. The molecule has 0 N–H and O–H groups in total. The van der Waals surface area contributed by atoms with Gasteiger partial charge in [-0.3, -0.25) is 4.90 Å². The molecule has 0 amide bonds. The normalized spacial score (nSPS) is 13.2. The summed E-state index contributed by atoms with van der Waals surface area (Å²) in [4.78, 5) is 4.70. The fraction of sp³-hybridized carbons (Fsp3) is 0.478. The van der Waals surface area contributed by atoms with Gasteiger partial charge in [-0.2, -0.15) is 0 Å². The van der Waals surface area contributed by atoms with Crippen molar-refractivity contribution in [2.45, 2.75) is 32.6 Å². The van der Waals surface area contributed by atoms with Gasteiger partial charge in [0.15, 0.2) is 0 Å². The number of halogens is 2. The van der Waals surface area contributed by atoms with Gasteiger partial charge >= 0.3 is 0 Å². The Kier molecular flexibility index (Phi) is 11.0. The molecule has 0 bridgehead atoms. The van der Waals surface area contributed by atoms with Crippen molar-refractivity contribution < 1.29 is 9.47 Å². The maximum atomic E-state index is 5.39. The first-order valence-electron chi connectivity index (χ1n) is 9.70. The average Bonchev–Trinajstić information content (AvgIpc) is 2.67. The molecule has 0 spiro atoms. The first kappa shape index (κ1) is 25.7. The van der Waals surface area contributed by atoms with E-state index < -0.39 is 0 Å². The maximum Gasteiger partial charge on any atom is 0.0716 e. The molecule has 6 heteroatoms. The summed E-state index contributed by atoms with van der Waals surface area (Å²) in [5, 5.41) is 0. The van der Waals surface area contributed by atoms with Crippen molar-refractivity contribution in [3.05, 3.63) is 64.2 Å². The zero-order valence-corrected chi connectivity index (χ0v) is 19.6. The molecular formula is C23H34Cl2N2O2. The SMILES string of the molecule is COCc1cc2c(cc1COC)CN(CCc1ccc(N(C)C)cc1)CC2.Cl.Cl. The number of hydrogen-bond acceptors (Lipinski definition) is 4. The van der Waals surface area contributed by atoms with Gasteiger partial charge in [0.25, 0.3) is 0 Å². The zero-order chi connectivity index (χ0) is 19.2. The first-order valence-corrected chi connectivity index (χ1v) is 9.70. The minimum atomic E-state index is 0. The summed E-state index contributed by atoms with van der Waals surface area (Å²) in [7, 11) is 7.67. The second-order valence-corrected chi connectivity index (χ2v) is 7.59. The summed E-state index contributed by atoms with van der Waals surface area (Å²) >= 11 is 0. The Balaban J connectivity index is 0.00000210. The number of fused-ring (bicyclic) bond motifs is 1. The van der Waals surface area contributed by atoms with Crippen LogP contribution in [0.1, 0.15) is 27.8 Å². The van der Waals surface area contributed by atoms with Crippen LogP contribution in [0.4, 0.5) is 5.69 Å². The number of ether oxygens (including phenoxy) is 2. The fourth-order valence-electron chi connectivity index (χ4n) is 3.79. The maximum absolute atomic E-state index is 5.39. The van der Waals surface area contributed by atoms with Gasteiger partial charge in [0.1, 0.15) is 0 Å². The number of methoxy groups -OCH3 is 2. The second-order valence-electron chi connectivity index (χ2n) is 7.59. The first-order chi connectivity index (χ1) is 13.1. The molecule has 0 fully saturated rings. The zero-order valence-electron chi connectivity index (χ0n) is 17.9. The number of rotatable bonds is 8. The molecule has 3 rings (SSSR count). The molecule has 0 saturated heterocycles. The van der Waals surface area contributed by atoms with Gasteiger partial charge in [-0.25, -0.2) is 0 Å². The van der Waals surface area contributed by atoms with Crippen molar-refractivity contribution in [3.63, 3.8) is 0 Å². The minimum Gasteiger partial charge on any atom is -0.380 e. The van der Waals surface area contributed by atoms with Crippen LogP contribution in [0.3, 0.4) is 0 Å². The van der Waals surface area contributed by atoms with Crippen LogP contribution in [0.2, 0.25) is 0 Å². The molecule has 29 heavy (non-hydrogen) atoms. The van der Waals surface area contributed by atoms with E-state index in [1.165, 1.54) is 33.5 Å². The van der Waals surface area contributed by atoms with Gasteiger partial charge in [-0.05, 0) is 52.8 Å². The Morgan fingerprint density at radius 3 is 2.03 bits per heavy atom. The van der Waals surface area contributed by atoms with E-state index in [2.05, 4.69) is 60.3 Å². The van der Waals surface area contributed by atoms with Crippen LogP contribution in [0.15, 0.2) is 36.4 Å². The monoisotopic (exact) mass is 440 g/mol. The van der Waals surface area contributed by atoms with E-state index in [1.807, 2.05) is 0 Å². The topological polar surface area (TPSA) is 24.9 Å². The Bertz CT molecular complexity index is 751. The Labute approximate surface area is 188 Å². The number of nitrogens with zero attached hydrogens (tertiary/aromatic N) is 2. The van der Waals surface area contributed by atoms with Gasteiger partial charge in [0, 0.05) is 53.6 Å². The summed E-state index contributed by atoms with van der Waals surface area (Å²) in [6.45, 7) is 4.54. The van der Waals surface area contributed by atoms with Crippen molar-refractivity contribution >= 4 is 30.5 Å². The summed E-state index contributed by atoms with van der Waals surface area (Å²) in [6, 6.07) is 13.6. The molecule has 0 aliphatic carbocycles. The van der Waals surface area contributed by atoms with E-state index in [9.17, 15) is 0 Å². The third kappa shape index (κ3) is 6.87. The fourth-order valence-corrected chi connectivity index (χ4v) is 3.79. The van der Waals surface area contributed by atoms with Crippen LogP contribution >= 0.6 is 24.8 Å². The van der Waals surface area contributed by atoms with Crippen LogP contribution in [0.25, 0.3) is 0 Å². The smallest absolute Gasteiger partial charge is 0.0716 e. The summed E-state index contributed by atoms with van der Waals surface area (Å²) in [5.74, 6) is 0. The quantitative estimate of drug-likeness (QED) is 0.603. The van der Waals surface area contributed by atoms with Crippen LogP contribution in [-0.4, -0.2) is 46.3 Å². The van der Waals surface area contributed by atoms with Crippen LogP contribution in [0, 0.1) is 0 Å². The molecule has 0 radical (unpaired) electrons. The predicted octanol–water partition coefficient (Wildman–Crippen LogP) is 4.49. The standard InChI is InChI=1S/C23H32N2O2.2ClH/c1-24(2)23-7-5-18(6-8-23)9-11-25-12-10-19-13-21(16-26-3)22(17-27-4)14-20(19)15-25;;/h5-8,13-14H,9-12,15-17H2,1-4H3;2*1H. The number of hydrogen-bond donors (Lipinski definition) is 0. The molecule has 0 saturated carbocycles. The summed E-state index contributed by atoms with van der Waals surface area (Å²) in [6.07, 6.45) is 2.20. The molecule has 0 atom stereocenters. The van der Waals surface area contributed by atoms with E-state index in [4.69, 9.17) is 9.47 Å². The molecule has 1 aliphatic rings. The lowest BCUT2D eigenvalue weighted by atomic mass is 9.93. The molecular weight excluding hydrogens is 407 g/mol. The molecule has 162 valence electrons. The Morgan fingerprint density at radius 1 is 0.897 bits per heavy atom. The Hall–Kier alpha value is -1.30. The lowest BCUT2D eigenvalue weighted by Gasteiger charge is -2.30. The van der Waals surface area contributed by atoms with Crippen molar-refractivity contribution in [3.8, 4) is 0 Å². The third-order valence-electron chi connectivity index (χ3n) is 5.38. The second kappa shape index (κ2) is 12.4. The van der Waals surface area contributed by atoms with Gasteiger partial charge in [0.05, 0.1) is 13.2 Å². The number of benzene rings is 2. The van der Waals surface area contributed by atoms with E-state index >= 15 is 0 Å². The van der Waals surface area contributed by atoms with Gasteiger partial charge in [-0.15, -0.1) is 24.8 Å². The van der Waals surface area contributed by atoms with Crippen LogP contribution in [0.5, 0.6) is 0 Å². The van der Waals surface area contributed by atoms with Crippen LogP contribution < -0.4 is 4.90 Å². The lowest BCUT2D eigenvalue weighted by Crippen LogP contribution is -2.32. The highest BCUT2D eigenvalue weighted by Crippen LogP contribution is 2.25. The molecule has 1 aliphatic heterocycles. The van der Waals surface area contributed by atoms with E-state index in [0.29, 0.717) is 13.2 Å². The Morgan fingerprint density at radius 2 is 1.48 bits per heavy atom. The molecule has 0 aromatic heterocycles. The highest BCUT2D eigenvalue weighted by atomic mass is 35.5. The van der Waals surface area contributed by atoms with Crippen molar-refractivity contribution in [1.82, 2.24) is 4.90 Å². The summed E-state index contributed by atoms with van der Waals surface area (Å²) in [5.41, 5.74) is 8.07. The van der Waals surface area contributed by atoms with Crippen molar-refractivity contribution in [2.75, 3.05) is 46.3 Å². The summed E-state index contributed by atoms with van der Waals surface area (Å²) < 4.78 is 10.8. The average molecular weight is 441 g/mol. The van der Waals surface area contributed by atoms with Gasteiger partial charge in [0.2, 0.25) is 0 Å². The van der Waals surface area contributed by atoms with Crippen molar-refractivity contribution in [1.29, 1.82) is 0 Å². The molecule has 2 aromatic rings. The highest BCUT2D eigenvalue weighted by Gasteiger charge is 2.18. The lowest BCUT2D eigenvalue weighted by molar-refractivity contribution is 0.167. The van der Waals surface area contributed by atoms with Crippen LogP contribution in [-0.2, 0) is 42.1 Å². The molecule has 1 heterocycles. The number of anilines is 1. The molecule has 0 unspecified atom stereocenters. The molecule has 2 aromatic carbocycles. The minimum absolute atomic E-state index is 0. The van der Waals surface area contributed by atoms with Gasteiger partial charge < -0.3 is 14.4 Å². The van der Waals surface area contributed by atoms with Gasteiger partial charge in [-0.1, -0.05) is 24.3 Å². The van der Waals surface area contributed by atoms with Crippen molar-refractivity contribution in [2.24, 2.45) is 0 Å². The molecule has 4 nitrogen and oxygen atoms in total.